The number of piperazine rings is 1. The van der Waals surface area contributed by atoms with Crippen molar-refractivity contribution in [2.24, 2.45) is 0 Å². The second-order valence-corrected chi connectivity index (χ2v) is 19.1. The number of anilines is 1. The lowest BCUT2D eigenvalue weighted by atomic mass is 10.1. The third-order valence-electron chi connectivity index (χ3n) is 11.9. The second kappa shape index (κ2) is 19.9. The fraction of sp³-hybridized carbons (Fsp3) is 0.396. The topological polar surface area (TPSA) is 122 Å². The number of nitrogens with one attached hydrogen (secondary N) is 1. The number of benzene rings is 4. The summed E-state index contributed by atoms with van der Waals surface area (Å²) in [6.07, 6.45) is 12.5. The number of allylic oxidation sites excluding steroid dienone is 3. The van der Waals surface area contributed by atoms with Crippen LogP contribution in [0.4, 0.5) is 5.69 Å². The Morgan fingerprint density at radius 1 is 0.919 bits per heavy atom. The van der Waals surface area contributed by atoms with Gasteiger partial charge in [-0.3, -0.25) is 14.2 Å². The zero-order valence-corrected chi connectivity index (χ0v) is 37.4. The Morgan fingerprint density at radius 2 is 1.65 bits per heavy atom. The van der Waals surface area contributed by atoms with E-state index in [1.54, 1.807) is 0 Å². The number of fused-ring (bicyclic) bond motifs is 4. The van der Waals surface area contributed by atoms with Crippen LogP contribution in [0.25, 0.3) is 38.7 Å². The molecule has 0 bridgehead atoms. The summed E-state index contributed by atoms with van der Waals surface area (Å²) in [5, 5.41) is 8.77. The van der Waals surface area contributed by atoms with Crippen LogP contribution in [0.3, 0.4) is 0 Å². The van der Waals surface area contributed by atoms with Gasteiger partial charge in [0.15, 0.2) is 31.6 Å². The van der Waals surface area contributed by atoms with Crippen molar-refractivity contribution in [1.29, 1.82) is 0 Å². The van der Waals surface area contributed by atoms with Gasteiger partial charge in [0, 0.05) is 63.0 Å². The molecule has 326 valence electrons. The van der Waals surface area contributed by atoms with Crippen molar-refractivity contribution in [2.75, 3.05) is 75.8 Å². The van der Waals surface area contributed by atoms with Crippen LogP contribution in [0.5, 0.6) is 5.75 Å². The van der Waals surface area contributed by atoms with Crippen LogP contribution in [0, 0.1) is 0 Å². The predicted octanol–water partition coefficient (Wildman–Crippen LogP) is 7.43. The minimum atomic E-state index is -4.12. The Hall–Kier alpha value is -5.15. The van der Waals surface area contributed by atoms with Gasteiger partial charge in [-0.15, -0.1) is 11.8 Å². The number of carbonyl (C=O) groups excluding carboxylic acids is 1. The van der Waals surface area contributed by atoms with Gasteiger partial charge >= 0.3 is 5.89 Å². The summed E-state index contributed by atoms with van der Waals surface area (Å²) in [4.78, 5) is 19.9. The summed E-state index contributed by atoms with van der Waals surface area (Å²) in [7, 11) is -1.94. The van der Waals surface area contributed by atoms with E-state index >= 15 is 0 Å². The molecule has 4 heterocycles. The molecule has 0 saturated carbocycles. The van der Waals surface area contributed by atoms with Gasteiger partial charge in [0.1, 0.15) is 0 Å². The number of oxazole rings is 1. The van der Waals surface area contributed by atoms with E-state index in [4.69, 9.17) is 9.15 Å². The largest absolute Gasteiger partial charge is 0.439 e. The summed E-state index contributed by atoms with van der Waals surface area (Å²) in [6.45, 7) is 9.90. The summed E-state index contributed by atoms with van der Waals surface area (Å²) >= 11 is 1.89. The van der Waals surface area contributed by atoms with Gasteiger partial charge < -0.3 is 24.3 Å². The number of ether oxygens (including phenoxy) is 1. The number of hydrogen-bond acceptors (Lipinski definition) is 9. The van der Waals surface area contributed by atoms with Gasteiger partial charge in [0.05, 0.1) is 35.6 Å². The molecule has 62 heavy (non-hydrogen) atoms. The summed E-state index contributed by atoms with van der Waals surface area (Å²) in [5.41, 5.74) is 3.52. The van der Waals surface area contributed by atoms with E-state index in [-0.39, 0.29) is 18.1 Å². The van der Waals surface area contributed by atoms with E-state index in [0.29, 0.717) is 37.4 Å². The lowest BCUT2D eigenvalue weighted by Gasteiger charge is -2.20. The standard InChI is InChI=1S/C48H56N6O6S2/c1-3-36(31-47-54(20-11-29-62(56,57)58)42-33-38-13-7-9-15-40(38)35-44(42)60-47)30-46-53(41-32-37-12-6-8-14-39(37)34-43(41)59-46)19-10-4-5-16-45(55)49-18-22-52-27-28-61-48(52)17-21-51-25-23-50(2)24-26-51/h6-9,12-15,17,21,30-35H,3-5,10-11,16,18-20,22-29H2,1-2H3/p+2. The van der Waals surface area contributed by atoms with E-state index in [1.807, 2.05) is 64.9 Å². The number of likely N-dealkylation sites (N-methyl/N-ethyl adjacent to an activating group) is 1. The number of rotatable bonds is 17. The smallest absolute Gasteiger partial charge is 0.374 e. The first-order valence-electron chi connectivity index (χ1n) is 21.9. The van der Waals surface area contributed by atoms with Crippen LogP contribution >= 0.6 is 11.8 Å². The van der Waals surface area contributed by atoms with Gasteiger partial charge in [-0.25, -0.2) is 4.58 Å². The highest BCUT2D eigenvalue weighted by atomic mass is 32.2. The molecule has 2 N–H and O–H groups in total. The van der Waals surface area contributed by atoms with Crippen molar-refractivity contribution in [3.63, 3.8) is 0 Å². The van der Waals surface area contributed by atoms with Crippen LogP contribution in [0.1, 0.15) is 51.3 Å². The van der Waals surface area contributed by atoms with E-state index in [2.05, 4.69) is 87.3 Å². The number of unbranched alkanes of at least 4 members (excludes halogenated alkanes) is 2. The van der Waals surface area contributed by atoms with Crippen molar-refractivity contribution >= 4 is 78.4 Å². The van der Waals surface area contributed by atoms with E-state index in [0.717, 1.165) is 121 Å². The van der Waals surface area contributed by atoms with Crippen LogP contribution in [0.15, 0.2) is 106 Å². The lowest BCUT2D eigenvalue weighted by molar-refractivity contribution is -0.677. The van der Waals surface area contributed by atoms with Crippen molar-refractivity contribution in [2.45, 2.75) is 52.0 Å². The fourth-order valence-corrected chi connectivity index (χ4v) is 9.88. The van der Waals surface area contributed by atoms with Gasteiger partial charge in [0.25, 0.3) is 15.6 Å². The highest BCUT2D eigenvalue weighted by molar-refractivity contribution is 8.03. The van der Waals surface area contributed by atoms with Crippen molar-refractivity contribution in [3.05, 3.63) is 107 Å². The first kappa shape index (κ1) is 43.5. The van der Waals surface area contributed by atoms with Gasteiger partial charge in [-0.1, -0.05) is 61.9 Å². The molecule has 0 aliphatic carbocycles. The fourth-order valence-electron chi connectivity index (χ4n) is 8.35. The van der Waals surface area contributed by atoms with Gasteiger partial charge in [-0.05, 0) is 71.6 Å². The molecular formula is C48H58N6O6S2+2. The van der Waals surface area contributed by atoms with Crippen LogP contribution in [0.2, 0.25) is 0 Å². The highest BCUT2D eigenvalue weighted by Crippen LogP contribution is 2.42. The molecular weight excluding hydrogens is 821 g/mol. The predicted molar refractivity (Wildman–Crippen MR) is 250 cm³/mol. The zero-order valence-electron chi connectivity index (χ0n) is 35.8. The third kappa shape index (κ3) is 10.9. The average molecular weight is 879 g/mol. The van der Waals surface area contributed by atoms with Crippen molar-refractivity contribution in [3.8, 4) is 5.75 Å². The monoisotopic (exact) mass is 878 g/mol. The molecule has 0 spiro atoms. The number of amides is 1. The Labute approximate surface area is 368 Å². The Bertz CT molecular complexity index is 2660. The number of aromatic nitrogens is 1. The molecule has 12 nitrogen and oxygen atoms in total. The number of thioether (sulfide) groups is 1. The molecule has 2 fully saturated rings. The van der Waals surface area contributed by atoms with E-state index < -0.39 is 10.1 Å². The van der Waals surface area contributed by atoms with E-state index in [1.165, 1.54) is 5.03 Å². The van der Waals surface area contributed by atoms with Crippen molar-refractivity contribution < 1.29 is 36.1 Å². The molecule has 3 aliphatic heterocycles. The maximum Gasteiger partial charge on any atom is 0.374 e. The zero-order chi connectivity index (χ0) is 43.1. The summed E-state index contributed by atoms with van der Waals surface area (Å²) < 4.78 is 50.3. The Kier molecular flexibility index (Phi) is 14.0. The normalized spacial score (nSPS) is 17.5. The molecule has 3 aliphatic rings. The number of nitrogens with zero attached hydrogens (tertiary/aromatic N) is 5. The highest BCUT2D eigenvalue weighted by Gasteiger charge is 2.28. The Morgan fingerprint density at radius 3 is 2.39 bits per heavy atom. The molecule has 14 heteroatoms. The maximum atomic E-state index is 12.9. The first-order valence-corrected chi connectivity index (χ1v) is 24.5. The molecule has 0 radical (unpaired) electrons. The molecule has 4 aromatic carbocycles. The molecule has 0 unspecified atom stereocenters. The first-order chi connectivity index (χ1) is 30.1. The maximum absolute atomic E-state index is 12.9. The van der Waals surface area contributed by atoms with Crippen LogP contribution in [-0.4, -0.2) is 110 Å². The minimum Gasteiger partial charge on any atom is -0.439 e. The van der Waals surface area contributed by atoms with Crippen LogP contribution < -0.4 is 19.5 Å². The summed E-state index contributed by atoms with van der Waals surface area (Å²) in [6, 6.07) is 24.7. The Balaban J connectivity index is 0.930. The van der Waals surface area contributed by atoms with Crippen molar-refractivity contribution in [1.82, 2.24) is 15.1 Å². The van der Waals surface area contributed by atoms with Gasteiger partial charge in [0.2, 0.25) is 17.4 Å². The number of aryl methyl sites for hydroxylation is 1. The lowest BCUT2D eigenvalue weighted by Crippen LogP contribution is -2.39. The molecule has 5 aromatic rings. The molecule has 8 rings (SSSR count). The average Bonchev–Trinajstić information content (AvgIpc) is 3.95. The molecule has 2 saturated heterocycles. The van der Waals surface area contributed by atoms with Crippen LogP contribution in [-0.2, 0) is 21.5 Å². The molecule has 1 aromatic heterocycles. The SMILES string of the molecule is CCC(=Cc1oc2cc3ccccc3cc2[n+]1CCCS(=O)(=O)O)C=C1Oc2cc3ccccc3cc2N1CCCCCC(=O)NCCN1CCSC1=CC=[N+]1CCN(C)CC1. The number of hydrogen-bond donors (Lipinski definition) is 2. The number of carbonyl (C=O) groups is 1. The molecule has 1 amide bonds. The quantitative estimate of drug-likeness (QED) is 0.0554. The minimum absolute atomic E-state index is 0.0971. The van der Waals surface area contributed by atoms with E-state index in [9.17, 15) is 17.8 Å². The molecule has 0 atom stereocenters. The third-order valence-corrected chi connectivity index (χ3v) is 13.8. The van der Waals surface area contributed by atoms with Gasteiger partial charge in [-0.2, -0.15) is 13.0 Å². The summed E-state index contributed by atoms with van der Waals surface area (Å²) in [5.74, 6) is 2.93. The second-order valence-electron chi connectivity index (χ2n) is 16.4.